The Morgan fingerprint density at radius 2 is 1.94 bits per heavy atom. The van der Waals surface area contributed by atoms with Gasteiger partial charge in [-0.2, -0.15) is 0 Å². The van der Waals surface area contributed by atoms with Crippen molar-refractivity contribution in [2.45, 2.75) is 58.6 Å². The number of nitrogens with zero attached hydrogens (tertiary/aromatic N) is 2. The lowest BCUT2D eigenvalue weighted by Crippen LogP contribution is -2.43. The summed E-state index contributed by atoms with van der Waals surface area (Å²) in [7, 11) is 0. The molecule has 0 unspecified atom stereocenters. The zero-order chi connectivity index (χ0) is 22.6. The fourth-order valence-electron chi connectivity index (χ4n) is 5.18. The van der Waals surface area contributed by atoms with Gasteiger partial charge in [0.25, 0.3) is 0 Å². The first-order chi connectivity index (χ1) is 15.4. The number of aryl methyl sites for hydroxylation is 2. The molecule has 3 aromatic rings. The van der Waals surface area contributed by atoms with Crippen molar-refractivity contribution < 1.29 is 4.74 Å². The molecule has 0 radical (unpaired) electrons. The molecule has 32 heavy (non-hydrogen) atoms. The predicted octanol–water partition coefficient (Wildman–Crippen LogP) is 6.79. The van der Waals surface area contributed by atoms with Gasteiger partial charge in [0.05, 0.1) is 6.10 Å². The molecule has 0 amide bonds. The molecule has 0 spiro atoms. The highest BCUT2D eigenvalue weighted by Gasteiger charge is 2.48. The van der Waals surface area contributed by atoms with E-state index in [4.69, 9.17) is 4.74 Å². The number of hydrogen-bond acceptors (Lipinski definition) is 4. The monoisotopic (exact) mass is 448 g/mol. The third kappa shape index (κ3) is 4.83. The molecule has 2 aromatic heterocycles. The van der Waals surface area contributed by atoms with E-state index < -0.39 is 0 Å². The zero-order valence-corrected chi connectivity index (χ0v) is 20.7. The van der Waals surface area contributed by atoms with E-state index in [1.54, 1.807) is 0 Å². The van der Waals surface area contributed by atoms with Gasteiger partial charge in [0.1, 0.15) is 0 Å². The van der Waals surface area contributed by atoms with Crippen molar-refractivity contribution in [3.63, 3.8) is 0 Å². The largest absolute Gasteiger partial charge is 0.373 e. The third-order valence-corrected chi connectivity index (χ3v) is 8.17. The van der Waals surface area contributed by atoms with Gasteiger partial charge in [-0.3, -0.25) is 9.88 Å². The maximum Gasteiger partial charge on any atom is 0.0893 e. The molecule has 0 bridgehead atoms. The average molecular weight is 449 g/mol. The highest BCUT2D eigenvalue weighted by atomic mass is 32.1. The summed E-state index contributed by atoms with van der Waals surface area (Å²) in [6.45, 7) is 11.7. The van der Waals surface area contributed by atoms with Crippen LogP contribution in [-0.4, -0.2) is 29.6 Å². The minimum absolute atomic E-state index is 0.0706. The molecule has 2 atom stereocenters. The lowest BCUT2D eigenvalue weighted by molar-refractivity contribution is -0.0435. The number of hydrogen-bond donors (Lipinski definition) is 0. The van der Waals surface area contributed by atoms with Crippen LogP contribution in [-0.2, 0) is 16.7 Å². The molecule has 1 fully saturated rings. The fraction of sp³-hybridized carbons (Fsp3) is 0.464. The summed E-state index contributed by atoms with van der Waals surface area (Å²) in [5.74, 6) is 0. The van der Waals surface area contributed by atoms with Crippen LogP contribution in [0.3, 0.4) is 0 Å². The SMILES string of the molecule is CCO[C@H](c1ccccc1)[C@]1(CCc2cccs2)CCN(C(C)(C)c2ccc(C)nc2)C1. The minimum Gasteiger partial charge on any atom is -0.373 e. The molecule has 1 aliphatic rings. The Labute approximate surface area is 197 Å². The van der Waals surface area contributed by atoms with E-state index in [1.807, 2.05) is 11.3 Å². The van der Waals surface area contributed by atoms with Gasteiger partial charge < -0.3 is 4.74 Å². The third-order valence-electron chi connectivity index (χ3n) is 7.23. The lowest BCUT2D eigenvalue weighted by Gasteiger charge is -2.41. The molecule has 3 nitrogen and oxygen atoms in total. The van der Waals surface area contributed by atoms with Crippen LogP contribution in [0.15, 0.2) is 66.2 Å². The highest BCUT2D eigenvalue weighted by molar-refractivity contribution is 7.09. The smallest absolute Gasteiger partial charge is 0.0893 e. The summed E-state index contributed by atoms with van der Waals surface area (Å²) < 4.78 is 6.53. The molecule has 3 heterocycles. The molecule has 4 heteroatoms. The summed E-state index contributed by atoms with van der Waals surface area (Å²) in [5, 5.41) is 2.19. The van der Waals surface area contributed by atoms with Crippen molar-refractivity contribution in [3.05, 3.63) is 87.9 Å². The van der Waals surface area contributed by atoms with Crippen LogP contribution in [0.4, 0.5) is 0 Å². The van der Waals surface area contributed by atoms with Gasteiger partial charge in [-0.25, -0.2) is 0 Å². The number of rotatable bonds is 9. The van der Waals surface area contributed by atoms with Gasteiger partial charge in [-0.05, 0) is 82.1 Å². The molecular formula is C28H36N2OS. The number of ether oxygens (including phenoxy) is 1. The molecule has 1 aromatic carbocycles. The Morgan fingerprint density at radius 3 is 2.59 bits per heavy atom. The predicted molar refractivity (Wildman–Crippen MR) is 134 cm³/mol. The minimum atomic E-state index is -0.0706. The molecule has 0 saturated carbocycles. The van der Waals surface area contributed by atoms with Crippen molar-refractivity contribution >= 4 is 11.3 Å². The molecular weight excluding hydrogens is 412 g/mol. The van der Waals surface area contributed by atoms with E-state index in [-0.39, 0.29) is 17.1 Å². The Kier molecular flexibility index (Phi) is 7.14. The fourth-order valence-corrected chi connectivity index (χ4v) is 5.89. The summed E-state index contributed by atoms with van der Waals surface area (Å²) in [5.41, 5.74) is 3.66. The Balaban J connectivity index is 1.65. The van der Waals surface area contributed by atoms with Crippen LogP contribution in [0.25, 0.3) is 0 Å². The van der Waals surface area contributed by atoms with E-state index in [0.29, 0.717) is 0 Å². The number of likely N-dealkylation sites (tertiary alicyclic amines) is 1. The first kappa shape index (κ1) is 23.2. The molecule has 0 N–H and O–H groups in total. The topological polar surface area (TPSA) is 25.4 Å². The van der Waals surface area contributed by atoms with E-state index in [1.165, 1.54) is 16.0 Å². The highest BCUT2D eigenvalue weighted by Crippen LogP contribution is 2.50. The van der Waals surface area contributed by atoms with E-state index >= 15 is 0 Å². The number of pyridine rings is 1. The first-order valence-electron chi connectivity index (χ1n) is 11.8. The standard InChI is InChI=1S/C28H36N2OS/c1-5-31-26(23-10-7-6-8-11-23)28(16-15-25-12-9-19-32-25)17-18-30(21-28)27(3,4)24-14-13-22(2)29-20-24/h6-14,19-20,26H,5,15-18,21H2,1-4H3/t26-,28-/m1/s1. The second kappa shape index (κ2) is 9.86. The van der Waals surface area contributed by atoms with Crippen molar-refractivity contribution in [1.82, 2.24) is 9.88 Å². The summed E-state index contributed by atoms with van der Waals surface area (Å²) >= 11 is 1.87. The first-order valence-corrected chi connectivity index (χ1v) is 12.7. The second-order valence-corrected chi connectivity index (χ2v) is 10.6. The van der Waals surface area contributed by atoms with Crippen molar-refractivity contribution in [1.29, 1.82) is 0 Å². The Hall–Kier alpha value is -2.01. The van der Waals surface area contributed by atoms with Gasteiger partial charge in [0.2, 0.25) is 0 Å². The number of aromatic nitrogens is 1. The molecule has 1 aliphatic heterocycles. The summed E-state index contributed by atoms with van der Waals surface area (Å²) in [6.07, 6.45) is 5.53. The van der Waals surface area contributed by atoms with Gasteiger partial charge in [0.15, 0.2) is 0 Å². The Morgan fingerprint density at radius 1 is 1.12 bits per heavy atom. The maximum atomic E-state index is 6.53. The summed E-state index contributed by atoms with van der Waals surface area (Å²) in [4.78, 5) is 8.71. The van der Waals surface area contributed by atoms with E-state index in [2.05, 4.69) is 104 Å². The molecule has 0 aliphatic carbocycles. The normalized spacial score (nSPS) is 20.5. The molecule has 4 rings (SSSR count). The van der Waals surface area contributed by atoms with Crippen LogP contribution >= 0.6 is 11.3 Å². The van der Waals surface area contributed by atoms with Gasteiger partial charge in [0, 0.05) is 40.9 Å². The number of thiophene rings is 1. The zero-order valence-electron chi connectivity index (χ0n) is 19.9. The second-order valence-electron chi connectivity index (χ2n) is 9.61. The van der Waals surface area contributed by atoms with Gasteiger partial charge >= 0.3 is 0 Å². The lowest BCUT2D eigenvalue weighted by atomic mass is 9.74. The van der Waals surface area contributed by atoms with Crippen molar-refractivity contribution in [3.8, 4) is 0 Å². The van der Waals surface area contributed by atoms with Gasteiger partial charge in [-0.15, -0.1) is 11.3 Å². The molecule has 1 saturated heterocycles. The van der Waals surface area contributed by atoms with Crippen LogP contribution in [0, 0.1) is 12.3 Å². The van der Waals surface area contributed by atoms with E-state index in [9.17, 15) is 0 Å². The van der Waals surface area contributed by atoms with E-state index in [0.717, 1.165) is 44.7 Å². The summed E-state index contributed by atoms with van der Waals surface area (Å²) in [6, 6.07) is 19.7. The number of benzene rings is 1. The average Bonchev–Trinajstić information content (AvgIpc) is 3.48. The van der Waals surface area contributed by atoms with Gasteiger partial charge in [-0.1, -0.05) is 42.5 Å². The Bertz CT molecular complexity index is 968. The maximum absolute atomic E-state index is 6.53. The van der Waals surface area contributed by atoms with Crippen LogP contribution in [0.1, 0.15) is 61.4 Å². The van der Waals surface area contributed by atoms with Crippen LogP contribution in [0.2, 0.25) is 0 Å². The van der Waals surface area contributed by atoms with Crippen LogP contribution < -0.4 is 0 Å². The van der Waals surface area contributed by atoms with Crippen molar-refractivity contribution in [2.24, 2.45) is 5.41 Å². The van der Waals surface area contributed by atoms with Crippen LogP contribution in [0.5, 0.6) is 0 Å². The quantitative estimate of drug-likeness (QED) is 0.360. The van der Waals surface area contributed by atoms with Crippen molar-refractivity contribution in [2.75, 3.05) is 19.7 Å². The molecule has 170 valence electrons.